The number of likely N-dealkylation sites (tertiary alicyclic amines) is 1. The molecule has 3 fully saturated rings. The first-order chi connectivity index (χ1) is 27.9. The topological polar surface area (TPSA) is 140 Å². The Balaban J connectivity index is 1.01. The van der Waals surface area contributed by atoms with Gasteiger partial charge in [-0.1, -0.05) is 29.5 Å². The lowest BCUT2D eigenvalue weighted by molar-refractivity contribution is -0.132. The van der Waals surface area contributed by atoms with Crippen molar-refractivity contribution in [1.29, 1.82) is 0 Å². The number of nitrogens with zero attached hydrogens (tertiary/aromatic N) is 7. The van der Waals surface area contributed by atoms with Crippen LogP contribution in [0.25, 0.3) is 22.0 Å². The second kappa shape index (κ2) is 16.0. The van der Waals surface area contributed by atoms with E-state index < -0.39 is 35.1 Å². The highest BCUT2D eigenvalue weighted by molar-refractivity contribution is 6.06. The van der Waals surface area contributed by atoms with Gasteiger partial charge in [0.05, 0.1) is 18.3 Å². The van der Waals surface area contributed by atoms with Gasteiger partial charge in [-0.05, 0) is 78.1 Å². The molecule has 2 aromatic heterocycles. The maximum absolute atomic E-state index is 16.6. The third-order valence-corrected chi connectivity index (χ3v) is 11.6. The van der Waals surface area contributed by atoms with Crippen LogP contribution in [0.5, 0.6) is 0 Å². The minimum Gasteiger partial charge on any atom is -0.371 e. The first-order valence-electron chi connectivity index (χ1n) is 19.6. The van der Waals surface area contributed by atoms with Crippen LogP contribution in [0.15, 0.2) is 60.9 Å². The molecule has 16 heteroatoms. The summed E-state index contributed by atoms with van der Waals surface area (Å²) in [5.74, 6) is -3.02. The van der Waals surface area contributed by atoms with Gasteiger partial charge < -0.3 is 19.7 Å². The van der Waals surface area contributed by atoms with Crippen LogP contribution in [0.1, 0.15) is 72.0 Å². The van der Waals surface area contributed by atoms with Crippen molar-refractivity contribution in [2.75, 3.05) is 56.6 Å². The zero-order valence-electron chi connectivity index (χ0n) is 32.3. The summed E-state index contributed by atoms with van der Waals surface area (Å²) >= 11 is 0. The summed E-state index contributed by atoms with van der Waals surface area (Å²) in [6.45, 7) is 2.38. The highest BCUT2D eigenvalue weighted by Gasteiger charge is 2.32. The number of H-pyrrole nitrogens is 1. The third-order valence-electron chi connectivity index (χ3n) is 11.6. The molecule has 0 bridgehead atoms. The molecule has 3 saturated heterocycles. The van der Waals surface area contributed by atoms with E-state index in [0.29, 0.717) is 55.8 Å². The van der Waals surface area contributed by atoms with E-state index in [9.17, 15) is 19.2 Å². The van der Waals surface area contributed by atoms with Crippen molar-refractivity contribution in [2.24, 2.45) is 0 Å². The van der Waals surface area contributed by atoms with Crippen molar-refractivity contribution in [3.63, 3.8) is 0 Å². The largest absolute Gasteiger partial charge is 0.371 e. The Bertz CT molecular complexity index is 2350. The van der Waals surface area contributed by atoms with Gasteiger partial charge in [0, 0.05) is 82.8 Å². The SMILES string of the molecule is CN(C)C(=O)c1cc2c(-c3ccc(C4CCN(c5cc(F)c(N6CCC(=O)NC6=O)c(F)c5)CC4)cc3)cc([C@H]3CCCN(C(=O)CCn4ccnn4)C3)c(F)c2[nH]1. The van der Waals surface area contributed by atoms with Crippen LogP contribution in [0, 0.1) is 17.5 Å². The van der Waals surface area contributed by atoms with Crippen molar-refractivity contribution >= 4 is 46.0 Å². The Morgan fingerprint density at radius 2 is 1.66 bits per heavy atom. The Labute approximate surface area is 332 Å². The number of aromatic amines is 1. The molecule has 5 amide bonds. The number of aromatic nitrogens is 4. The zero-order valence-corrected chi connectivity index (χ0v) is 32.3. The van der Waals surface area contributed by atoms with Crippen LogP contribution in [-0.2, 0) is 16.1 Å². The molecule has 0 spiro atoms. The lowest BCUT2D eigenvalue weighted by atomic mass is 9.85. The maximum Gasteiger partial charge on any atom is 0.328 e. The second-order valence-electron chi connectivity index (χ2n) is 15.5. The van der Waals surface area contributed by atoms with Crippen molar-refractivity contribution in [3.05, 3.63) is 95.2 Å². The number of hydrogen-bond acceptors (Lipinski definition) is 7. The average molecular weight is 796 g/mol. The third kappa shape index (κ3) is 7.62. The van der Waals surface area contributed by atoms with Crippen LogP contribution < -0.4 is 15.1 Å². The highest BCUT2D eigenvalue weighted by atomic mass is 19.1. The molecule has 3 aromatic carbocycles. The van der Waals surface area contributed by atoms with Crippen molar-refractivity contribution in [3.8, 4) is 11.1 Å². The number of fused-ring (bicyclic) bond motifs is 1. The number of piperidine rings is 2. The average Bonchev–Trinajstić information content (AvgIpc) is 3.92. The van der Waals surface area contributed by atoms with Crippen LogP contribution in [0.4, 0.5) is 29.3 Å². The van der Waals surface area contributed by atoms with Gasteiger partial charge >= 0.3 is 6.03 Å². The van der Waals surface area contributed by atoms with E-state index in [-0.39, 0.29) is 54.2 Å². The van der Waals surface area contributed by atoms with Crippen LogP contribution in [0.3, 0.4) is 0 Å². The van der Waals surface area contributed by atoms with Crippen LogP contribution in [-0.4, -0.2) is 100 Å². The number of aryl methyl sites for hydroxylation is 1. The lowest BCUT2D eigenvalue weighted by Crippen LogP contribution is -2.50. The molecule has 0 radical (unpaired) electrons. The molecule has 8 rings (SSSR count). The summed E-state index contributed by atoms with van der Waals surface area (Å²) in [6.07, 6.45) is 6.39. The molecule has 3 aliphatic heterocycles. The van der Waals surface area contributed by atoms with Crippen molar-refractivity contribution in [1.82, 2.24) is 35.1 Å². The van der Waals surface area contributed by atoms with Crippen molar-refractivity contribution in [2.45, 2.75) is 56.9 Å². The van der Waals surface area contributed by atoms with E-state index in [4.69, 9.17) is 0 Å². The van der Waals surface area contributed by atoms with Gasteiger partial charge in [0.2, 0.25) is 11.8 Å². The predicted octanol–water partition coefficient (Wildman–Crippen LogP) is 6.17. The van der Waals surface area contributed by atoms with Gasteiger partial charge in [-0.2, -0.15) is 0 Å². The first kappa shape index (κ1) is 38.7. The summed E-state index contributed by atoms with van der Waals surface area (Å²) in [7, 11) is 3.29. The summed E-state index contributed by atoms with van der Waals surface area (Å²) in [5.41, 5.74) is 3.66. The molecule has 0 unspecified atom stereocenters. The minimum atomic E-state index is -0.871. The molecule has 58 heavy (non-hydrogen) atoms. The molecular formula is C42H44F3N9O4. The molecule has 5 heterocycles. The standard InChI is InChI=1S/C42H44F3N9O4/c1-50(2)41(57)35-23-32-30(22-31(38(45)39(32)47-35)28-4-3-14-52(24-28)37(56)12-17-53-19-13-46-49-53)27-7-5-25(6-8-27)26-9-15-51(16-10-26)29-20-33(43)40(34(44)21-29)54-18-11-36(55)48-42(54)58/h5-8,13,19-23,26,28,47H,3-4,9-12,14-18,24H2,1-2H3,(H,48,55,58)/t28-/m0/s1. The van der Waals surface area contributed by atoms with Gasteiger partial charge in [-0.25, -0.2) is 18.0 Å². The molecule has 302 valence electrons. The van der Waals surface area contributed by atoms with Crippen molar-refractivity contribution < 1.29 is 32.3 Å². The van der Waals surface area contributed by atoms with E-state index in [1.165, 1.54) is 17.0 Å². The Morgan fingerprint density at radius 3 is 2.33 bits per heavy atom. The van der Waals surface area contributed by atoms with E-state index in [2.05, 4.69) is 32.7 Å². The number of rotatable bonds is 9. The number of halogens is 3. The van der Waals surface area contributed by atoms with Gasteiger partial charge in [-0.3, -0.25) is 29.3 Å². The molecule has 0 aliphatic carbocycles. The Morgan fingerprint density at radius 1 is 0.914 bits per heavy atom. The minimum absolute atomic E-state index is 0.0257. The normalized spacial score (nSPS) is 17.9. The molecule has 5 aromatic rings. The number of nitrogens with one attached hydrogen (secondary N) is 2. The quantitative estimate of drug-likeness (QED) is 0.182. The summed E-state index contributed by atoms with van der Waals surface area (Å²) in [5, 5.41) is 10.4. The Hall–Kier alpha value is -6.19. The van der Waals surface area contributed by atoms with E-state index in [1.54, 1.807) is 42.1 Å². The summed E-state index contributed by atoms with van der Waals surface area (Å²) < 4.78 is 48.7. The number of benzene rings is 3. The summed E-state index contributed by atoms with van der Waals surface area (Å²) in [6, 6.07) is 13.3. The van der Waals surface area contributed by atoms with Gasteiger partial charge in [0.25, 0.3) is 5.91 Å². The second-order valence-corrected chi connectivity index (χ2v) is 15.5. The molecule has 3 aliphatic rings. The number of hydrogen-bond donors (Lipinski definition) is 2. The summed E-state index contributed by atoms with van der Waals surface area (Å²) in [4.78, 5) is 59.2. The molecule has 2 N–H and O–H groups in total. The number of imide groups is 1. The van der Waals surface area contributed by atoms with E-state index in [1.807, 2.05) is 23.1 Å². The fourth-order valence-electron chi connectivity index (χ4n) is 8.53. The first-order valence-corrected chi connectivity index (χ1v) is 19.6. The zero-order chi connectivity index (χ0) is 40.7. The Kier molecular flexibility index (Phi) is 10.7. The fraction of sp³-hybridized carbons (Fsp3) is 0.381. The smallest absolute Gasteiger partial charge is 0.328 e. The number of carbonyl (C=O) groups excluding carboxylic acids is 4. The van der Waals surface area contributed by atoms with Gasteiger partial charge in [0.1, 0.15) is 11.4 Å². The maximum atomic E-state index is 16.6. The van der Waals surface area contributed by atoms with Crippen LogP contribution in [0.2, 0.25) is 0 Å². The monoisotopic (exact) mass is 795 g/mol. The fourth-order valence-corrected chi connectivity index (χ4v) is 8.53. The van der Waals surface area contributed by atoms with Crippen LogP contribution >= 0.6 is 0 Å². The number of carbonyl (C=O) groups is 4. The van der Waals surface area contributed by atoms with Gasteiger partial charge in [-0.15, -0.1) is 5.10 Å². The van der Waals surface area contributed by atoms with E-state index in [0.717, 1.165) is 40.9 Å². The number of amides is 5. The molecular weight excluding hydrogens is 752 g/mol. The number of anilines is 2. The van der Waals surface area contributed by atoms with E-state index >= 15 is 13.2 Å². The molecule has 1 atom stereocenters. The lowest BCUT2D eigenvalue weighted by Gasteiger charge is -2.34. The molecule has 13 nitrogen and oxygen atoms in total. The predicted molar refractivity (Wildman–Crippen MR) is 211 cm³/mol. The van der Waals surface area contributed by atoms with Gasteiger partial charge in [0.15, 0.2) is 17.5 Å². The molecule has 0 saturated carbocycles. The number of urea groups is 1. The highest BCUT2D eigenvalue weighted by Crippen LogP contribution is 2.40.